The maximum Gasteiger partial charge on any atom is 0.336 e. The molecule has 0 amide bonds. The maximum atomic E-state index is 12.2. The number of benzene rings is 1. The highest BCUT2D eigenvalue weighted by atomic mass is 79.9. The van der Waals surface area contributed by atoms with Crippen LogP contribution in [0.15, 0.2) is 21.5 Å². The molecule has 0 aromatic heterocycles. The fraction of sp³-hybridized carbons (Fsp3) is 0.462. The minimum Gasteiger partial charge on any atom is -0.478 e. The number of carboxylic acid groups (broad SMARTS) is 1. The summed E-state index contributed by atoms with van der Waals surface area (Å²) in [6.45, 7) is 4.10. The van der Waals surface area contributed by atoms with Crippen LogP contribution in [0.5, 0.6) is 0 Å². The van der Waals surface area contributed by atoms with Crippen LogP contribution in [-0.4, -0.2) is 39.8 Å². The molecule has 0 saturated carbocycles. The van der Waals surface area contributed by atoms with E-state index in [2.05, 4.69) is 20.7 Å². The van der Waals surface area contributed by atoms with Gasteiger partial charge in [0, 0.05) is 24.7 Å². The summed E-state index contributed by atoms with van der Waals surface area (Å²) in [5, 5.41) is 9.12. The molecule has 1 atom stereocenters. The van der Waals surface area contributed by atoms with Gasteiger partial charge in [0.05, 0.1) is 10.5 Å². The van der Waals surface area contributed by atoms with Gasteiger partial charge in [0.1, 0.15) is 0 Å². The lowest BCUT2D eigenvalue weighted by Crippen LogP contribution is -2.30. The quantitative estimate of drug-likeness (QED) is 0.755. The number of carboxylic acids is 1. The van der Waals surface area contributed by atoms with Gasteiger partial charge in [-0.2, -0.15) is 0 Å². The number of carbonyl (C=O) groups is 1. The Hall–Kier alpha value is -0.960. The number of rotatable bonds is 7. The molecule has 0 bridgehead atoms. The fourth-order valence-electron chi connectivity index (χ4n) is 1.71. The first-order valence-corrected chi connectivity index (χ1v) is 8.48. The summed E-state index contributed by atoms with van der Waals surface area (Å²) in [5.41, 5.74) is 0.434. The van der Waals surface area contributed by atoms with Gasteiger partial charge in [0.25, 0.3) is 0 Å². The molecule has 0 saturated heterocycles. The summed E-state index contributed by atoms with van der Waals surface area (Å²) in [6, 6.07) is 2.55. The van der Waals surface area contributed by atoms with Gasteiger partial charge in [-0.1, -0.05) is 22.9 Å². The molecule has 0 spiro atoms. The number of hydrogen-bond donors (Lipinski definition) is 2. The maximum absolute atomic E-state index is 12.2. The van der Waals surface area contributed by atoms with Gasteiger partial charge >= 0.3 is 5.97 Å². The zero-order chi connectivity index (χ0) is 16.2. The van der Waals surface area contributed by atoms with Gasteiger partial charge in [0.15, 0.2) is 0 Å². The summed E-state index contributed by atoms with van der Waals surface area (Å²) in [5.74, 6) is -1.16. The molecule has 0 radical (unpaired) electrons. The third kappa shape index (κ3) is 4.77. The van der Waals surface area contributed by atoms with E-state index >= 15 is 0 Å². The molecule has 6 nitrogen and oxygen atoms in total. The Labute approximate surface area is 132 Å². The van der Waals surface area contributed by atoms with Gasteiger partial charge in [-0.3, -0.25) is 0 Å². The highest BCUT2D eigenvalue weighted by Crippen LogP contribution is 2.25. The Kier molecular flexibility index (Phi) is 6.33. The molecule has 0 aliphatic heterocycles. The second-order valence-corrected chi connectivity index (χ2v) is 7.42. The molecule has 21 heavy (non-hydrogen) atoms. The molecule has 0 aliphatic rings. The van der Waals surface area contributed by atoms with Gasteiger partial charge in [0.2, 0.25) is 10.0 Å². The first-order valence-electron chi connectivity index (χ1n) is 6.21. The summed E-state index contributed by atoms with van der Waals surface area (Å²) >= 11 is 3.19. The molecular formula is C13H18BrNO5S. The summed E-state index contributed by atoms with van der Waals surface area (Å²) in [4.78, 5) is 11.1. The highest BCUT2D eigenvalue weighted by Gasteiger charge is 2.20. The molecule has 0 heterocycles. The second kappa shape index (κ2) is 7.35. The van der Waals surface area contributed by atoms with Crippen molar-refractivity contribution in [2.45, 2.75) is 18.7 Å². The van der Waals surface area contributed by atoms with Crippen molar-refractivity contribution in [3.05, 3.63) is 27.7 Å². The van der Waals surface area contributed by atoms with Crippen molar-refractivity contribution in [2.24, 2.45) is 5.92 Å². The highest BCUT2D eigenvalue weighted by molar-refractivity contribution is 9.10. The van der Waals surface area contributed by atoms with Crippen LogP contribution in [0.3, 0.4) is 0 Å². The van der Waals surface area contributed by atoms with Crippen LogP contribution in [0.25, 0.3) is 0 Å². The number of aromatic carboxylic acids is 1. The summed E-state index contributed by atoms with van der Waals surface area (Å²) in [7, 11) is -2.22. The first-order chi connectivity index (χ1) is 9.69. The molecule has 1 aromatic rings. The average molecular weight is 380 g/mol. The van der Waals surface area contributed by atoms with Crippen LogP contribution in [-0.2, 0) is 14.8 Å². The van der Waals surface area contributed by atoms with Crippen molar-refractivity contribution in [1.29, 1.82) is 0 Å². The molecule has 2 N–H and O–H groups in total. The Morgan fingerprint density at radius 3 is 2.62 bits per heavy atom. The van der Waals surface area contributed by atoms with Crippen LogP contribution < -0.4 is 4.72 Å². The second-order valence-electron chi connectivity index (χ2n) is 4.80. The van der Waals surface area contributed by atoms with E-state index in [-0.39, 0.29) is 22.9 Å². The lowest BCUT2D eigenvalue weighted by molar-refractivity contribution is 0.0695. The lowest BCUT2D eigenvalue weighted by Gasteiger charge is -2.13. The number of ether oxygens (including phenoxy) is 1. The normalized spacial score (nSPS) is 13.1. The van der Waals surface area contributed by atoms with E-state index in [0.29, 0.717) is 16.6 Å². The Bertz CT molecular complexity index is 630. The third-order valence-corrected chi connectivity index (χ3v) is 5.16. The van der Waals surface area contributed by atoms with Crippen molar-refractivity contribution in [2.75, 3.05) is 20.3 Å². The van der Waals surface area contributed by atoms with Crippen LogP contribution in [0.4, 0.5) is 0 Å². The van der Waals surface area contributed by atoms with E-state index in [1.807, 2.05) is 6.92 Å². The minimum atomic E-state index is -3.77. The van der Waals surface area contributed by atoms with E-state index in [4.69, 9.17) is 9.84 Å². The van der Waals surface area contributed by atoms with Crippen LogP contribution in [0, 0.1) is 12.8 Å². The topological polar surface area (TPSA) is 92.7 Å². The minimum absolute atomic E-state index is 0.0117. The SMILES string of the molecule is COCC(C)CNS(=O)(=O)c1cc(Br)c(C)c(C(=O)O)c1. The van der Waals surface area contributed by atoms with E-state index in [1.54, 1.807) is 14.0 Å². The predicted octanol–water partition coefficient (Wildman–Crippen LogP) is 2.02. The number of sulfonamides is 1. The molecule has 8 heteroatoms. The van der Waals surface area contributed by atoms with Crippen molar-refractivity contribution in [1.82, 2.24) is 4.72 Å². The average Bonchev–Trinajstić information content (AvgIpc) is 2.39. The van der Waals surface area contributed by atoms with Crippen LogP contribution in [0.1, 0.15) is 22.8 Å². The molecule has 0 fully saturated rings. The monoisotopic (exact) mass is 379 g/mol. The van der Waals surface area contributed by atoms with Crippen LogP contribution >= 0.6 is 15.9 Å². The van der Waals surface area contributed by atoms with Crippen molar-refractivity contribution in [3.63, 3.8) is 0 Å². The zero-order valence-electron chi connectivity index (χ0n) is 12.0. The Balaban J connectivity index is 3.06. The molecule has 1 rings (SSSR count). The molecule has 0 aliphatic carbocycles. The van der Waals surface area contributed by atoms with Gasteiger partial charge < -0.3 is 9.84 Å². The van der Waals surface area contributed by atoms with Gasteiger partial charge in [-0.05, 0) is 30.5 Å². The number of nitrogens with one attached hydrogen (secondary N) is 1. The number of hydrogen-bond acceptors (Lipinski definition) is 4. The fourth-order valence-corrected chi connectivity index (χ4v) is 3.54. The number of methoxy groups -OCH3 is 1. The number of halogens is 1. The van der Waals surface area contributed by atoms with Gasteiger partial charge in [-0.25, -0.2) is 17.9 Å². The van der Waals surface area contributed by atoms with E-state index in [0.717, 1.165) is 6.07 Å². The molecule has 1 unspecified atom stereocenters. The first kappa shape index (κ1) is 18.1. The Morgan fingerprint density at radius 2 is 2.10 bits per heavy atom. The van der Waals surface area contributed by atoms with Crippen molar-refractivity contribution in [3.8, 4) is 0 Å². The standard InChI is InChI=1S/C13H18BrNO5S/c1-8(7-20-3)6-15-21(18,19)10-4-11(13(16)17)9(2)12(14)5-10/h4-5,8,15H,6-7H2,1-3H3,(H,16,17). The van der Waals surface area contributed by atoms with E-state index in [9.17, 15) is 13.2 Å². The Morgan fingerprint density at radius 1 is 1.48 bits per heavy atom. The van der Waals surface area contributed by atoms with Gasteiger partial charge in [-0.15, -0.1) is 0 Å². The summed E-state index contributed by atoms with van der Waals surface area (Å²) in [6.07, 6.45) is 0. The van der Waals surface area contributed by atoms with E-state index < -0.39 is 16.0 Å². The van der Waals surface area contributed by atoms with Crippen LogP contribution in [0.2, 0.25) is 0 Å². The largest absolute Gasteiger partial charge is 0.478 e. The molecule has 118 valence electrons. The van der Waals surface area contributed by atoms with Crippen molar-refractivity contribution >= 4 is 31.9 Å². The molecule has 1 aromatic carbocycles. The van der Waals surface area contributed by atoms with Crippen molar-refractivity contribution < 1.29 is 23.1 Å². The van der Waals surface area contributed by atoms with E-state index in [1.165, 1.54) is 6.07 Å². The summed E-state index contributed by atoms with van der Waals surface area (Å²) < 4.78 is 32.3. The third-order valence-electron chi connectivity index (χ3n) is 2.93. The predicted molar refractivity (Wildman–Crippen MR) is 82.1 cm³/mol. The zero-order valence-corrected chi connectivity index (χ0v) is 14.4. The molecular weight excluding hydrogens is 362 g/mol. The smallest absolute Gasteiger partial charge is 0.336 e. The lowest BCUT2D eigenvalue weighted by atomic mass is 10.1.